The normalized spacial score (nSPS) is 10.6. The molecule has 0 aliphatic heterocycles. The van der Waals surface area contributed by atoms with Crippen LogP contribution in [-0.4, -0.2) is 33.5 Å². The first-order valence-electron chi connectivity index (χ1n) is 10.2. The first-order chi connectivity index (χ1) is 15.8. The van der Waals surface area contributed by atoms with Gasteiger partial charge in [-0.1, -0.05) is 49.4 Å². The highest BCUT2D eigenvalue weighted by Gasteiger charge is 2.25. The van der Waals surface area contributed by atoms with Crippen molar-refractivity contribution in [2.24, 2.45) is 0 Å². The van der Waals surface area contributed by atoms with Crippen molar-refractivity contribution in [1.82, 2.24) is 9.55 Å². The summed E-state index contributed by atoms with van der Waals surface area (Å²) < 4.78 is 6.56. The van der Waals surface area contributed by atoms with Crippen LogP contribution in [0.2, 0.25) is 0 Å². The molecule has 1 aromatic heterocycles. The average Bonchev–Trinajstić information content (AvgIpc) is 2.80. The van der Waals surface area contributed by atoms with Crippen molar-refractivity contribution in [1.29, 1.82) is 0 Å². The van der Waals surface area contributed by atoms with Gasteiger partial charge in [-0.2, -0.15) is 0 Å². The number of amides is 1. The van der Waals surface area contributed by atoms with Gasteiger partial charge in [0, 0.05) is 12.6 Å². The lowest BCUT2D eigenvalue weighted by Crippen LogP contribution is -2.43. The van der Waals surface area contributed by atoms with Gasteiger partial charge in [-0.15, -0.1) is 0 Å². The number of hydrogen-bond acceptors (Lipinski definition) is 7. The fourth-order valence-electron chi connectivity index (χ4n) is 3.29. The van der Waals surface area contributed by atoms with E-state index in [2.05, 4.69) is 4.98 Å². The smallest absolute Gasteiger partial charge is 0.330 e. The summed E-state index contributed by atoms with van der Waals surface area (Å²) in [7, 11) is 0. The molecule has 33 heavy (non-hydrogen) atoms. The molecule has 0 bridgehead atoms. The van der Waals surface area contributed by atoms with Gasteiger partial charge in [0.15, 0.2) is 18.0 Å². The van der Waals surface area contributed by atoms with Crippen LogP contribution in [0, 0.1) is 10.1 Å². The molecule has 1 amide bonds. The zero-order valence-corrected chi connectivity index (χ0v) is 17.9. The number of nitrogen functional groups attached to an aromatic ring is 1. The second-order valence-corrected chi connectivity index (χ2v) is 7.12. The molecule has 0 fully saturated rings. The Morgan fingerprint density at radius 2 is 1.82 bits per heavy atom. The number of rotatable bonds is 9. The third kappa shape index (κ3) is 5.26. The molecular formula is C22H23N5O6. The van der Waals surface area contributed by atoms with E-state index in [0.717, 1.165) is 10.5 Å². The number of nitrogens with zero attached hydrogens (tertiary/aromatic N) is 3. The number of carbonyl (C=O) groups excluding carboxylic acids is 1. The minimum Gasteiger partial charge on any atom is -0.477 e. The molecule has 3 aromatic rings. The third-order valence-corrected chi connectivity index (χ3v) is 4.83. The largest absolute Gasteiger partial charge is 0.477 e. The highest BCUT2D eigenvalue weighted by Crippen LogP contribution is 2.26. The lowest BCUT2D eigenvalue weighted by molar-refractivity contribution is -0.385. The average molecular weight is 453 g/mol. The maximum atomic E-state index is 13.0. The Labute approximate surface area is 188 Å². The number of anilines is 2. The van der Waals surface area contributed by atoms with E-state index in [9.17, 15) is 24.5 Å². The second-order valence-electron chi connectivity index (χ2n) is 7.12. The standard InChI is InChI=1S/C22H23N5O6/c1-2-12-25(18(28)14-33-17-11-7-6-10-16(17)27(31)32)19-20(23)26(22(30)24-21(19)29)13-15-8-4-3-5-9-15/h3-11H,2,12-14,23H2,1H3,(H,24,29,30). The van der Waals surface area contributed by atoms with E-state index in [-0.39, 0.29) is 36.0 Å². The second kappa shape index (κ2) is 10.3. The lowest BCUT2D eigenvalue weighted by atomic mass is 10.2. The number of aromatic nitrogens is 2. The number of hydrogen-bond donors (Lipinski definition) is 2. The van der Waals surface area contributed by atoms with Gasteiger partial charge in [0.25, 0.3) is 11.5 Å². The molecule has 0 atom stereocenters. The molecular weight excluding hydrogens is 430 g/mol. The van der Waals surface area contributed by atoms with Crippen molar-refractivity contribution in [3.8, 4) is 5.75 Å². The zero-order valence-electron chi connectivity index (χ0n) is 17.9. The summed E-state index contributed by atoms with van der Waals surface area (Å²) in [6.45, 7) is 1.45. The minimum absolute atomic E-state index is 0.0803. The Kier molecular flexibility index (Phi) is 7.24. The molecule has 3 rings (SSSR count). The van der Waals surface area contributed by atoms with Crippen molar-refractivity contribution < 1.29 is 14.5 Å². The van der Waals surface area contributed by atoms with Crippen LogP contribution in [0.25, 0.3) is 0 Å². The molecule has 0 aliphatic rings. The van der Waals surface area contributed by atoms with Crippen molar-refractivity contribution in [2.75, 3.05) is 23.8 Å². The first-order valence-corrected chi connectivity index (χ1v) is 10.2. The SMILES string of the molecule is CCCN(C(=O)COc1ccccc1[N+](=O)[O-])c1c(N)n(Cc2ccccc2)c(=O)[nH]c1=O. The lowest BCUT2D eigenvalue weighted by Gasteiger charge is -2.24. The van der Waals surface area contributed by atoms with E-state index in [1.54, 1.807) is 37.3 Å². The molecule has 11 heteroatoms. The summed E-state index contributed by atoms with van der Waals surface area (Å²) in [5.41, 5.74) is 4.98. The van der Waals surface area contributed by atoms with Crippen molar-refractivity contribution >= 4 is 23.1 Å². The number of H-pyrrole nitrogens is 1. The molecule has 0 radical (unpaired) electrons. The molecule has 0 saturated heterocycles. The van der Waals surface area contributed by atoms with Gasteiger partial charge < -0.3 is 15.4 Å². The van der Waals surface area contributed by atoms with Gasteiger partial charge in [-0.05, 0) is 18.1 Å². The number of aromatic amines is 1. The topological polar surface area (TPSA) is 154 Å². The predicted molar refractivity (Wildman–Crippen MR) is 123 cm³/mol. The van der Waals surface area contributed by atoms with Gasteiger partial charge in [0.1, 0.15) is 5.82 Å². The number of nitro benzene ring substituents is 1. The summed E-state index contributed by atoms with van der Waals surface area (Å²) in [5.74, 6) is -0.888. The van der Waals surface area contributed by atoms with E-state index in [1.165, 1.54) is 22.8 Å². The van der Waals surface area contributed by atoms with Crippen molar-refractivity contribution in [2.45, 2.75) is 19.9 Å². The van der Waals surface area contributed by atoms with Crippen molar-refractivity contribution in [3.63, 3.8) is 0 Å². The van der Waals surface area contributed by atoms with Crippen LogP contribution in [0.3, 0.4) is 0 Å². The van der Waals surface area contributed by atoms with Gasteiger partial charge in [-0.25, -0.2) is 4.79 Å². The Hall–Kier alpha value is -4.41. The van der Waals surface area contributed by atoms with Crippen LogP contribution >= 0.6 is 0 Å². The Bertz CT molecular complexity index is 1270. The van der Waals surface area contributed by atoms with Crippen molar-refractivity contribution in [3.05, 3.63) is 91.1 Å². The number of ether oxygens (including phenoxy) is 1. The zero-order chi connectivity index (χ0) is 24.0. The quantitative estimate of drug-likeness (QED) is 0.370. The highest BCUT2D eigenvalue weighted by molar-refractivity contribution is 5.96. The highest BCUT2D eigenvalue weighted by atomic mass is 16.6. The summed E-state index contributed by atoms with van der Waals surface area (Å²) in [6.07, 6.45) is 0.480. The van der Waals surface area contributed by atoms with E-state index in [0.29, 0.717) is 6.42 Å². The van der Waals surface area contributed by atoms with E-state index >= 15 is 0 Å². The predicted octanol–water partition coefficient (Wildman–Crippen LogP) is 1.90. The van der Waals surface area contributed by atoms with Crippen LogP contribution < -0.4 is 26.6 Å². The number of nitrogens with two attached hydrogens (primary N) is 1. The number of carbonyl (C=O) groups is 1. The van der Waals surface area contributed by atoms with Crippen LogP contribution in [0.5, 0.6) is 5.75 Å². The molecule has 2 aromatic carbocycles. The third-order valence-electron chi connectivity index (χ3n) is 4.83. The first kappa shape index (κ1) is 23.3. The van der Waals surface area contributed by atoms with E-state index in [1.807, 2.05) is 6.07 Å². The van der Waals surface area contributed by atoms with E-state index in [4.69, 9.17) is 10.5 Å². The molecule has 0 aliphatic carbocycles. The number of nitro groups is 1. The molecule has 0 unspecified atom stereocenters. The summed E-state index contributed by atoms with van der Waals surface area (Å²) in [4.78, 5) is 51.9. The van der Waals surface area contributed by atoms with Crippen LogP contribution in [0.4, 0.5) is 17.2 Å². The van der Waals surface area contributed by atoms with E-state index < -0.39 is 28.7 Å². The number of benzene rings is 2. The maximum Gasteiger partial charge on any atom is 0.330 e. The molecule has 11 nitrogen and oxygen atoms in total. The van der Waals surface area contributed by atoms with Gasteiger partial charge in [-0.3, -0.25) is 29.3 Å². The minimum atomic E-state index is -0.811. The molecule has 172 valence electrons. The van der Waals surface area contributed by atoms with Crippen LogP contribution in [-0.2, 0) is 11.3 Å². The summed E-state index contributed by atoms with van der Waals surface area (Å²) >= 11 is 0. The Morgan fingerprint density at radius 1 is 1.15 bits per heavy atom. The monoisotopic (exact) mass is 453 g/mol. The fraction of sp³-hybridized carbons (Fsp3) is 0.227. The number of para-hydroxylation sites is 2. The summed E-state index contributed by atoms with van der Waals surface area (Å²) in [6, 6.07) is 14.7. The fourth-order valence-corrected chi connectivity index (χ4v) is 3.29. The van der Waals surface area contributed by atoms with Gasteiger partial charge >= 0.3 is 11.4 Å². The Balaban J connectivity index is 1.93. The molecule has 0 saturated carbocycles. The maximum absolute atomic E-state index is 13.0. The van der Waals surface area contributed by atoms with Gasteiger partial charge in [0.2, 0.25) is 0 Å². The molecule has 1 heterocycles. The summed E-state index contributed by atoms with van der Waals surface area (Å²) in [5, 5.41) is 11.2. The van der Waals surface area contributed by atoms with Crippen LogP contribution in [0.1, 0.15) is 18.9 Å². The Morgan fingerprint density at radius 3 is 2.48 bits per heavy atom. The molecule has 3 N–H and O–H groups in total. The number of nitrogens with one attached hydrogen (secondary N) is 1. The van der Waals surface area contributed by atoms with Crippen LogP contribution in [0.15, 0.2) is 64.2 Å². The van der Waals surface area contributed by atoms with Gasteiger partial charge in [0.05, 0.1) is 11.5 Å². The molecule has 0 spiro atoms.